The minimum Gasteiger partial charge on any atom is -0.493 e. The molecule has 3 rings (SSSR count). The van der Waals surface area contributed by atoms with Gasteiger partial charge in [-0.3, -0.25) is 9.10 Å². The van der Waals surface area contributed by atoms with Crippen LogP contribution in [0.3, 0.4) is 0 Å². The average molecular weight is 503 g/mol. The van der Waals surface area contributed by atoms with Gasteiger partial charge in [-0.25, -0.2) is 8.42 Å². The number of carbonyl (C=O) groups excluding carboxylic acids is 1. The van der Waals surface area contributed by atoms with E-state index in [-0.39, 0.29) is 10.6 Å². The second-order valence-electron chi connectivity index (χ2n) is 7.83. The third-order valence-electron chi connectivity index (χ3n) is 5.27. The molecular weight excluding hydrogens is 476 g/mol. The van der Waals surface area contributed by atoms with Crippen LogP contribution < -0.4 is 19.1 Å². The van der Waals surface area contributed by atoms with Crippen molar-refractivity contribution in [2.24, 2.45) is 0 Å². The van der Waals surface area contributed by atoms with E-state index in [1.54, 1.807) is 37.3 Å². The van der Waals surface area contributed by atoms with Crippen molar-refractivity contribution in [3.05, 3.63) is 76.3 Å². The molecule has 0 aromatic heterocycles. The summed E-state index contributed by atoms with van der Waals surface area (Å²) in [5.74, 6) is 0.158. The number of benzene rings is 3. The standard InChI is InChI=1S/C25H27ClN2O5S/c1-16-11-17(2)13-19(12-16)28(15-25(29)27-22-8-6-7-21(26)18(22)3)34(30,31)20-9-10-23(32-4)24(14-20)33-5/h6-14H,15H2,1-5H3,(H,27,29). The largest absolute Gasteiger partial charge is 0.493 e. The van der Waals surface area contributed by atoms with Crippen molar-refractivity contribution in [2.75, 3.05) is 30.4 Å². The van der Waals surface area contributed by atoms with Gasteiger partial charge in [0.2, 0.25) is 5.91 Å². The second kappa shape index (κ2) is 10.4. The third kappa shape index (κ3) is 5.46. The summed E-state index contributed by atoms with van der Waals surface area (Å²) in [4.78, 5) is 13.0. The SMILES string of the molecule is COc1ccc(S(=O)(=O)N(CC(=O)Nc2cccc(Cl)c2C)c2cc(C)cc(C)c2)cc1OC. The molecular formula is C25H27ClN2O5S. The third-order valence-corrected chi connectivity index (χ3v) is 7.45. The van der Waals surface area contributed by atoms with Crippen molar-refractivity contribution in [3.63, 3.8) is 0 Å². The summed E-state index contributed by atoms with van der Waals surface area (Å²) in [5.41, 5.74) is 3.33. The maximum absolute atomic E-state index is 13.8. The summed E-state index contributed by atoms with van der Waals surface area (Å²) in [6.45, 7) is 5.08. The number of carbonyl (C=O) groups is 1. The minimum absolute atomic E-state index is 0.0314. The highest BCUT2D eigenvalue weighted by Crippen LogP contribution is 2.33. The van der Waals surface area contributed by atoms with Crippen molar-refractivity contribution in [1.29, 1.82) is 0 Å². The summed E-state index contributed by atoms with van der Waals surface area (Å²) in [7, 11) is -1.24. The molecule has 1 amide bonds. The molecule has 0 saturated carbocycles. The van der Waals surface area contributed by atoms with Crippen LogP contribution in [0.5, 0.6) is 11.5 Å². The number of ether oxygens (including phenoxy) is 2. The zero-order valence-electron chi connectivity index (χ0n) is 19.7. The van der Waals surface area contributed by atoms with Crippen LogP contribution >= 0.6 is 11.6 Å². The molecule has 0 radical (unpaired) electrons. The molecule has 3 aromatic rings. The maximum atomic E-state index is 13.8. The van der Waals surface area contributed by atoms with Gasteiger partial charge in [0.25, 0.3) is 10.0 Å². The number of rotatable bonds is 8. The van der Waals surface area contributed by atoms with Crippen molar-refractivity contribution >= 4 is 38.9 Å². The van der Waals surface area contributed by atoms with Gasteiger partial charge in [-0.05, 0) is 73.9 Å². The number of halogens is 1. The van der Waals surface area contributed by atoms with Gasteiger partial charge in [0, 0.05) is 16.8 Å². The fourth-order valence-electron chi connectivity index (χ4n) is 3.58. The van der Waals surface area contributed by atoms with E-state index in [1.807, 2.05) is 19.9 Å². The monoisotopic (exact) mass is 502 g/mol. The van der Waals surface area contributed by atoms with Gasteiger partial charge in [-0.15, -0.1) is 0 Å². The van der Waals surface area contributed by atoms with E-state index >= 15 is 0 Å². The van der Waals surface area contributed by atoms with Crippen LogP contribution in [0.1, 0.15) is 16.7 Å². The fourth-order valence-corrected chi connectivity index (χ4v) is 5.17. The quantitative estimate of drug-likeness (QED) is 0.462. The van der Waals surface area contributed by atoms with Gasteiger partial charge < -0.3 is 14.8 Å². The van der Waals surface area contributed by atoms with E-state index in [2.05, 4.69) is 5.32 Å². The molecule has 0 saturated heterocycles. The summed E-state index contributed by atoms with van der Waals surface area (Å²) in [5, 5.41) is 3.27. The molecule has 0 bridgehead atoms. The van der Waals surface area contributed by atoms with Gasteiger partial charge in [0.1, 0.15) is 6.54 Å². The minimum atomic E-state index is -4.14. The molecule has 0 unspecified atom stereocenters. The predicted molar refractivity (Wildman–Crippen MR) is 135 cm³/mol. The van der Waals surface area contributed by atoms with Gasteiger partial charge in [-0.1, -0.05) is 23.7 Å². The molecule has 0 aliphatic carbocycles. The molecule has 3 aromatic carbocycles. The normalized spacial score (nSPS) is 11.1. The second-order valence-corrected chi connectivity index (χ2v) is 10.1. The molecule has 0 aliphatic rings. The Morgan fingerprint density at radius 1 is 0.941 bits per heavy atom. The Kier molecular flexibility index (Phi) is 7.74. The molecule has 0 atom stereocenters. The first-order valence-corrected chi connectivity index (χ1v) is 12.3. The van der Waals surface area contributed by atoms with E-state index < -0.39 is 22.5 Å². The Morgan fingerprint density at radius 2 is 1.59 bits per heavy atom. The lowest BCUT2D eigenvalue weighted by molar-refractivity contribution is -0.114. The van der Waals surface area contributed by atoms with Crippen LogP contribution in [-0.4, -0.2) is 35.1 Å². The average Bonchev–Trinajstić information content (AvgIpc) is 2.79. The topological polar surface area (TPSA) is 84.9 Å². The van der Waals surface area contributed by atoms with Crippen LogP contribution in [0.15, 0.2) is 59.5 Å². The highest BCUT2D eigenvalue weighted by atomic mass is 35.5. The van der Waals surface area contributed by atoms with Crippen LogP contribution in [0.25, 0.3) is 0 Å². The number of nitrogens with one attached hydrogen (secondary N) is 1. The summed E-state index contributed by atoms with van der Waals surface area (Å²) >= 11 is 6.16. The Bertz CT molecular complexity index is 1300. The van der Waals surface area contributed by atoms with E-state index in [4.69, 9.17) is 21.1 Å². The van der Waals surface area contributed by atoms with Crippen LogP contribution in [0.4, 0.5) is 11.4 Å². The molecule has 1 N–H and O–H groups in total. The molecule has 34 heavy (non-hydrogen) atoms. The number of aryl methyl sites for hydroxylation is 2. The van der Waals surface area contributed by atoms with E-state index in [1.165, 1.54) is 32.4 Å². The smallest absolute Gasteiger partial charge is 0.264 e. The first-order valence-electron chi connectivity index (χ1n) is 10.4. The number of methoxy groups -OCH3 is 2. The zero-order valence-corrected chi connectivity index (χ0v) is 21.3. The Morgan fingerprint density at radius 3 is 2.21 bits per heavy atom. The van der Waals surface area contributed by atoms with Crippen LogP contribution in [0.2, 0.25) is 5.02 Å². The molecule has 0 heterocycles. The van der Waals surface area contributed by atoms with Crippen molar-refractivity contribution in [1.82, 2.24) is 0 Å². The van der Waals surface area contributed by atoms with Crippen molar-refractivity contribution in [2.45, 2.75) is 25.7 Å². The molecule has 180 valence electrons. The van der Waals surface area contributed by atoms with Crippen LogP contribution in [-0.2, 0) is 14.8 Å². The number of amides is 1. The molecule has 7 nitrogen and oxygen atoms in total. The van der Waals surface area contributed by atoms with E-state index in [0.29, 0.717) is 27.7 Å². The van der Waals surface area contributed by atoms with Gasteiger partial charge in [0.15, 0.2) is 11.5 Å². The highest BCUT2D eigenvalue weighted by molar-refractivity contribution is 7.92. The number of hydrogen-bond donors (Lipinski definition) is 1. The molecule has 0 aliphatic heterocycles. The van der Waals surface area contributed by atoms with Crippen molar-refractivity contribution < 1.29 is 22.7 Å². The van der Waals surface area contributed by atoms with E-state index in [9.17, 15) is 13.2 Å². The first-order chi connectivity index (χ1) is 16.1. The van der Waals surface area contributed by atoms with Gasteiger partial charge in [0.05, 0.1) is 24.8 Å². The molecule has 9 heteroatoms. The first kappa shape index (κ1) is 25.4. The zero-order chi connectivity index (χ0) is 25.0. The fraction of sp³-hybridized carbons (Fsp3) is 0.240. The maximum Gasteiger partial charge on any atom is 0.264 e. The number of anilines is 2. The Balaban J connectivity index is 2.05. The van der Waals surface area contributed by atoms with Gasteiger partial charge in [-0.2, -0.15) is 0 Å². The number of hydrogen-bond acceptors (Lipinski definition) is 5. The highest BCUT2D eigenvalue weighted by Gasteiger charge is 2.29. The summed E-state index contributed by atoms with van der Waals surface area (Å²) in [6, 6.07) is 14.8. The van der Waals surface area contributed by atoms with Gasteiger partial charge >= 0.3 is 0 Å². The van der Waals surface area contributed by atoms with Crippen LogP contribution in [0, 0.1) is 20.8 Å². The lowest BCUT2D eigenvalue weighted by atomic mass is 10.1. The lowest BCUT2D eigenvalue weighted by Gasteiger charge is -2.25. The predicted octanol–water partition coefficient (Wildman–Crippen LogP) is 5.12. The van der Waals surface area contributed by atoms with Crippen molar-refractivity contribution in [3.8, 4) is 11.5 Å². The number of nitrogens with zero attached hydrogens (tertiary/aromatic N) is 1. The summed E-state index contributed by atoms with van der Waals surface area (Å²) in [6.07, 6.45) is 0. The molecule has 0 spiro atoms. The van der Waals surface area contributed by atoms with E-state index in [0.717, 1.165) is 15.4 Å². The lowest BCUT2D eigenvalue weighted by Crippen LogP contribution is -2.38. The number of sulfonamides is 1. The Hall–Kier alpha value is -3.23. The molecule has 0 fully saturated rings. The Labute approximate surface area is 205 Å². The summed E-state index contributed by atoms with van der Waals surface area (Å²) < 4.78 is 39.1.